The molecule has 55 heavy (non-hydrogen) atoms. The van der Waals surface area contributed by atoms with Crippen molar-refractivity contribution in [1.29, 1.82) is 0 Å². The Bertz CT molecular complexity index is 1690. The van der Waals surface area contributed by atoms with E-state index in [0.717, 1.165) is 19.4 Å². The molecule has 3 rings (SSSR count). The fraction of sp³-hybridized carbons (Fsp3) is 0.594. The SMILES string of the molecule is COC(=O)N[C@H](C(=O)NN(Cc1c(F)cc(-c2ccn(C(F)F)n2)cc1F)C[C@H](O)CNC(=O)C(NC(=O)C1CC1)C(C)(C)C(F)(F)F)C(C)(C)C(F)(F)F. The number of ether oxygens (including phenoxy) is 1. The number of carbonyl (C=O) groups is 4. The largest absolute Gasteiger partial charge is 0.453 e. The quantitative estimate of drug-likeness (QED) is 0.124. The van der Waals surface area contributed by atoms with Crippen molar-refractivity contribution in [1.82, 2.24) is 36.2 Å². The Hall–Kier alpha value is -4.67. The summed E-state index contributed by atoms with van der Waals surface area (Å²) in [4.78, 5) is 50.7. The summed E-state index contributed by atoms with van der Waals surface area (Å²) in [5, 5.41) is 20.6. The van der Waals surface area contributed by atoms with Gasteiger partial charge in [-0.05, 0) is 58.7 Å². The van der Waals surface area contributed by atoms with E-state index >= 15 is 8.78 Å². The zero-order valence-electron chi connectivity index (χ0n) is 29.8. The Labute approximate surface area is 307 Å². The lowest BCUT2D eigenvalue weighted by atomic mass is 9.82. The molecule has 0 saturated heterocycles. The van der Waals surface area contributed by atoms with Crippen molar-refractivity contribution >= 4 is 23.8 Å². The molecule has 0 radical (unpaired) electrons. The number of nitrogens with zero attached hydrogens (tertiary/aromatic N) is 3. The molecule has 1 aliphatic rings. The molecular formula is C32H39F10N7O6. The van der Waals surface area contributed by atoms with E-state index in [1.165, 1.54) is 0 Å². The molecule has 0 spiro atoms. The fourth-order valence-corrected chi connectivity index (χ4v) is 4.96. The van der Waals surface area contributed by atoms with Crippen molar-refractivity contribution < 1.29 is 72.9 Å². The number of aromatic nitrogens is 2. The Kier molecular flexibility index (Phi) is 13.8. The molecule has 13 nitrogen and oxygen atoms in total. The van der Waals surface area contributed by atoms with Crippen LogP contribution in [-0.2, 0) is 25.7 Å². The molecule has 1 unspecified atom stereocenters. The van der Waals surface area contributed by atoms with E-state index in [2.05, 4.69) is 15.2 Å². The van der Waals surface area contributed by atoms with Crippen LogP contribution in [0.1, 0.15) is 52.6 Å². The summed E-state index contributed by atoms with van der Waals surface area (Å²) < 4.78 is 145. The second kappa shape index (κ2) is 17.0. The van der Waals surface area contributed by atoms with Crippen LogP contribution < -0.4 is 21.4 Å². The molecule has 4 amide bonds. The molecule has 1 heterocycles. The number of nitrogens with one attached hydrogen (secondary N) is 4. The number of carbonyl (C=O) groups excluding carboxylic acids is 4. The molecule has 1 aromatic heterocycles. The van der Waals surface area contributed by atoms with Gasteiger partial charge in [-0.1, -0.05) is 0 Å². The van der Waals surface area contributed by atoms with Crippen molar-refractivity contribution in [2.45, 2.75) is 84.2 Å². The number of aliphatic hydroxyl groups is 1. The molecule has 2 aromatic rings. The Morgan fingerprint density at radius 1 is 0.927 bits per heavy atom. The van der Waals surface area contributed by atoms with Gasteiger partial charge < -0.3 is 25.8 Å². The Balaban J connectivity index is 1.93. The lowest BCUT2D eigenvalue weighted by Crippen LogP contribution is -2.62. The smallest absolute Gasteiger partial charge is 0.407 e. The normalized spacial score (nSPS) is 15.7. The molecule has 5 N–H and O–H groups in total. The second-order valence-electron chi connectivity index (χ2n) is 13.9. The maximum atomic E-state index is 15.4. The molecule has 308 valence electrons. The average Bonchev–Trinajstić information content (AvgIpc) is 3.80. The van der Waals surface area contributed by atoms with Gasteiger partial charge in [0.2, 0.25) is 11.8 Å². The van der Waals surface area contributed by atoms with Crippen molar-refractivity contribution in [2.24, 2.45) is 16.7 Å². The second-order valence-corrected chi connectivity index (χ2v) is 13.9. The monoisotopic (exact) mass is 807 g/mol. The minimum atomic E-state index is -5.16. The van der Waals surface area contributed by atoms with Gasteiger partial charge in [0.25, 0.3) is 5.91 Å². The third-order valence-corrected chi connectivity index (χ3v) is 8.92. The van der Waals surface area contributed by atoms with Crippen LogP contribution in [0.2, 0.25) is 0 Å². The fourth-order valence-electron chi connectivity index (χ4n) is 4.96. The van der Waals surface area contributed by atoms with Gasteiger partial charge in [0.05, 0.1) is 29.7 Å². The predicted molar refractivity (Wildman–Crippen MR) is 170 cm³/mol. The van der Waals surface area contributed by atoms with Crippen LogP contribution in [0.5, 0.6) is 0 Å². The van der Waals surface area contributed by atoms with E-state index in [1.54, 1.807) is 5.32 Å². The van der Waals surface area contributed by atoms with Crippen molar-refractivity contribution in [2.75, 3.05) is 20.2 Å². The number of alkyl halides is 8. The summed E-state index contributed by atoms with van der Waals surface area (Å²) in [5.41, 5.74) is -5.43. The molecule has 0 bridgehead atoms. The summed E-state index contributed by atoms with van der Waals surface area (Å²) in [7, 11) is 0.784. The van der Waals surface area contributed by atoms with Gasteiger partial charge in [0, 0.05) is 42.9 Å². The van der Waals surface area contributed by atoms with Gasteiger partial charge in [-0.25, -0.2) is 23.3 Å². The maximum absolute atomic E-state index is 15.4. The highest BCUT2D eigenvalue weighted by atomic mass is 19.4. The topological polar surface area (TPSA) is 167 Å². The first kappa shape index (κ1) is 44.7. The summed E-state index contributed by atoms with van der Waals surface area (Å²) in [6, 6.07) is -2.33. The van der Waals surface area contributed by atoms with Crippen LogP contribution in [0.4, 0.5) is 48.7 Å². The van der Waals surface area contributed by atoms with Gasteiger partial charge >= 0.3 is 25.0 Å². The molecule has 0 aliphatic heterocycles. The number of hydrazine groups is 1. The van der Waals surface area contributed by atoms with E-state index < -0.39 is 114 Å². The predicted octanol–water partition coefficient (Wildman–Crippen LogP) is 4.33. The van der Waals surface area contributed by atoms with Gasteiger partial charge in [0.1, 0.15) is 23.7 Å². The first-order valence-corrected chi connectivity index (χ1v) is 16.3. The van der Waals surface area contributed by atoms with Crippen molar-refractivity contribution in [3.63, 3.8) is 0 Å². The lowest BCUT2D eigenvalue weighted by Gasteiger charge is -2.37. The third kappa shape index (κ3) is 11.0. The Morgan fingerprint density at radius 2 is 1.45 bits per heavy atom. The summed E-state index contributed by atoms with van der Waals surface area (Å²) in [5.74, 6) is -7.23. The van der Waals surface area contributed by atoms with Gasteiger partial charge in [-0.2, -0.15) is 40.2 Å². The number of amides is 4. The number of hydrogen-bond acceptors (Lipinski definition) is 8. The van der Waals surface area contributed by atoms with E-state index in [-0.39, 0.29) is 15.9 Å². The number of methoxy groups -OCH3 is 1. The standard InChI is InChI=1S/C32H39F10N7O6/c1-29(2,31(37,38)39)22(44-24(51)15-6-7-15)25(52)43-12-17(50)13-48(47-26(53)23(45-28(54)55-5)30(3,4)32(40,41)42)14-18-19(33)10-16(11-20(18)34)21-8-9-49(46-21)27(35)36/h8-11,15,17,22-23,27,50H,6-7,12-14H2,1-5H3,(H,43,52)(H,44,51)(H,45,54)(H,47,53)/t17-,22?,23-/m1/s1. The summed E-state index contributed by atoms with van der Waals surface area (Å²) in [6.07, 6.45) is -12.0. The van der Waals surface area contributed by atoms with Crippen molar-refractivity contribution in [3.05, 3.63) is 41.6 Å². The van der Waals surface area contributed by atoms with E-state index in [0.29, 0.717) is 57.7 Å². The third-order valence-electron chi connectivity index (χ3n) is 8.92. The highest BCUT2D eigenvalue weighted by molar-refractivity contribution is 5.90. The van der Waals surface area contributed by atoms with Crippen LogP contribution >= 0.6 is 0 Å². The lowest BCUT2D eigenvalue weighted by molar-refractivity contribution is -0.221. The van der Waals surface area contributed by atoms with Crippen LogP contribution in [0, 0.1) is 28.4 Å². The number of halogens is 10. The van der Waals surface area contributed by atoms with E-state index in [4.69, 9.17) is 0 Å². The van der Waals surface area contributed by atoms with E-state index in [1.807, 2.05) is 10.7 Å². The summed E-state index contributed by atoms with van der Waals surface area (Å²) >= 11 is 0. The zero-order chi connectivity index (χ0) is 41.8. The minimum Gasteiger partial charge on any atom is -0.453 e. The first-order chi connectivity index (χ1) is 25.2. The van der Waals surface area contributed by atoms with Crippen LogP contribution in [0.25, 0.3) is 11.3 Å². The molecule has 23 heteroatoms. The molecule has 3 atom stereocenters. The number of hydrogen-bond donors (Lipinski definition) is 5. The van der Waals surface area contributed by atoms with Gasteiger partial charge in [-0.3, -0.25) is 19.8 Å². The molecule has 1 fully saturated rings. The number of rotatable bonds is 16. The number of alkyl carbamates (subject to hydrolysis) is 1. The van der Waals surface area contributed by atoms with Gasteiger partial charge in [-0.15, -0.1) is 0 Å². The number of aliphatic hydroxyl groups excluding tert-OH is 1. The van der Waals surface area contributed by atoms with E-state index in [9.17, 15) is 59.4 Å². The molecule has 1 aliphatic carbocycles. The van der Waals surface area contributed by atoms with Crippen LogP contribution in [0.3, 0.4) is 0 Å². The average molecular weight is 808 g/mol. The highest BCUT2D eigenvalue weighted by Crippen LogP contribution is 2.42. The molecular weight excluding hydrogens is 768 g/mol. The summed E-state index contributed by atoms with van der Waals surface area (Å²) in [6.45, 7) is -3.70. The molecule has 1 aromatic carbocycles. The van der Waals surface area contributed by atoms with Crippen LogP contribution in [0.15, 0.2) is 24.4 Å². The van der Waals surface area contributed by atoms with Crippen molar-refractivity contribution in [3.8, 4) is 11.3 Å². The highest BCUT2D eigenvalue weighted by Gasteiger charge is 2.57. The van der Waals surface area contributed by atoms with Gasteiger partial charge in [0.15, 0.2) is 0 Å². The zero-order valence-corrected chi connectivity index (χ0v) is 29.8. The molecule has 1 saturated carbocycles. The first-order valence-electron chi connectivity index (χ1n) is 16.3. The maximum Gasteiger partial charge on any atom is 0.407 e. The van der Waals surface area contributed by atoms with Crippen LogP contribution in [-0.4, -0.2) is 94.5 Å². The number of benzene rings is 1. The Morgan fingerprint density at radius 3 is 1.91 bits per heavy atom. The minimum absolute atomic E-state index is 0.199.